The normalized spacial score (nSPS) is 13.0. The first-order chi connectivity index (χ1) is 16.7. The Balaban J connectivity index is 1.97. The molecule has 11 heteroatoms. The molecule has 0 saturated carbocycles. The number of anilines is 2. The quantitative estimate of drug-likeness (QED) is 0.278. The van der Waals surface area contributed by atoms with Crippen molar-refractivity contribution in [3.05, 3.63) is 81.9 Å². The number of phenolic OH excluding ortho intramolecular Hbond substituents is 1. The van der Waals surface area contributed by atoms with E-state index in [0.717, 1.165) is 10.4 Å². The van der Waals surface area contributed by atoms with Crippen molar-refractivity contribution in [2.45, 2.75) is 6.92 Å². The Hall–Kier alpha value is -3.73. The van der Waals surface area contributed by atoms with Crippen LogP contribution in [0.4, 0.5) is 11.4 Å². The van der Waals surface area contributed by atoms with Crippen LogP contribution in [-0.4, -0.2) is 44.6 Å². The highest BCUT2D eigenvalue weighted by atomic mass is 35.5. The van der Waals surface area contributed by atoms with Crippen molar-refractivity contribution in [3.8, 4) is 11.5 Å². The third-order valence-electron chi connectivity index (χ3n) is 5.20. The van der Waals surface area contributed by atoms with E-state index in [1.54, 1.807) is 19.1 Å². The number of rotatable bonds is 7. The molecule has 0 spiro atoms. The molecule has 0 fully saturated rings. The molecule has 0 saturated heterocycles. The van der Waals surface area contributed by atoms with Crippen LogP contribution in [0.1, 0.15) is 38.8 Å². The summed E-state index contributed by atoms with van der Waals surface area (Å²) in [6.45, 7) is 1.09. The first-order valence-electron chi connectivity index (χ1n) is 10.3. The number of benzene rings is 3. The number of esters is 1. The van der Waals surface area contributed by atoms with Crippen LogP contribution in [0.15, 0.2) is 54.6 Å². The van der Waals surface area contributed by atoms with Gasteiger partial charge in [-0.3, -0.25) is 14.1 Å². The molecule has 3 aromatic carbocycles. The number of ether oxygens (including phenoxy) is 2. The van der Waals surface area contributed by atoms with Crippen molar-refractivity contribution in [3.63, 3.8) is 0 Å². The lowest BCUT2D eigenvalue weighted by atomic mass is 9.82. The van der Waals surface area contributed by atoms with Gasteiger partial charge in [-0.25, -0.2) is 13.3 Å². The van der Waals surface area contributed by atoms with Crippen molar-refractivity contribution in [2.75, 3.05) is 17.5 Å². The zero-order chi connectivity index (χ0) is 25.3. The molecule has 2 N–H and O–H groups in total. The molecule has 0 amide bonds. The summed E-state index contributed by atoms with van der Waals surface area (Å²) in [7, 11) is 0. The third-order valence-corrected chi connectivity index (χ3v) is 6.17. The van der Waals surface area contributed by atoms with Crippen molar-refractivity contribution in [1.29, 1.82) is 0 Å². The van der Waals surface area contributed by atoms with Gasteiger partial charge in [0.15, 0.2) is 29.7 Å². The fourth-order valence-corrected chi connectivity index (χ4v) is 4.47. The maximum Gasteiger partial charge on any atom is 0.344 e. The van der Waals surface area contributed by atoms with E-state index in [9.17, 15) is 28.3 Å². The predicted molar refractivity (Wildman–Crippen MR) is 128 cm³/mol. The van der Waals surface area contributed by atoms with Crippen LogP contribution in [-0.2, 0) is 20.8 Å². The molecule has 0 heterocycles. The van der Waals surface area contributed by atoms with Crippen molar-refractivity contribution in [1.82, 2.24) is 0 Å². The molecule has 1 atom stereocenters. The molecule has 9 nitrogen and oxygen atoms in total. The second-order valence-corrected chi connectivity index (χ2v) is 8.55. The number of nitrogens with zero attached hydrogens (tertiary/aromatic N) is 1. The van der Waals surface area contributed by atoms with Gasteiger partial charge >= 0.3 is 5.97 Å². The lowest BCUT2D eigenvalue weighted by molar-refractivity contribution is -0.145. The molecule has 1 aliphatic carbocycles. The zero-order valence-corrected chi connectivity index (χ0v) is 19.8. The van der Waals surface area contributed by atoms with E-state index in [1.807, 2.05) is 0 Å². The van der Waals surface area contributed by atoms with Crippen LogP contribution in [0.2, 0.25) is 5.02 Å². The van der Waals surface area contributed by atoms with Crippen LogP contribution in [0, 0.1) is 0 Å². The van der Waals surface area contributed by atoms with Gasteiger partial charge in [-0.1, -0.05) is 35.9 Å². The second-order valence-electron chi connectivity index (χ2n) is 7.29. The second kappa shape index (κ2) is 9.87. The van der Waals surface area contributed by atoms with Gasteiger partial charge in [0.25, 0.3) is 11.3 Å². The zero-order valence-electron chi connectivity index (χ0n) is 18.2. The maximum absolute atomic E-state index is 13.5. The lowest BCUT2D eigenvalue weighted by Crippen LogP contribution is -2.27. The molecule has 1 unspecified atom stereocenters. The highest BCUT2D eigenvalue weighted by Crippen LogP contribution is 2.46. The SMILES string of the molecule is CCOC(=O)COc1cc(N(c2ccc(Cl)cc2)S(=O)O)c2c(c1O)C(=O)c1ccccc1C2=O. The van der Waals surface area contributed by atoms with E-state index in [2.05, 4.69) is 0 Å². The van der Waals surface area contributed by atoms with E-state index in [1.165, 1.54) is 36.4 Å². The smallest absolute Gasteiger partial charge is 0.344 e. The minimum atomic E-state index is -2.73. The van der Waals surface area contributed by atoms with Gasteiger partial charge in [-0.05, 0) is 31.2 Å². The summed E-state index contributed by atoms with van der Waals surface area (Å²) in [5, 5.41) is 11.3. The van der Waals surface area contributed by atoms with Crippen molar-refractivity contribution < 1.29 is 37.7 Å². The number of carbonyl (C=O) groups is 3. The van der Waals surface area contributed by atoms with Crippen LogP contribution in [0.25, 0.3) is 0 Å². The molecular weight excluding hydrogens is 498 g/mol. The molecule has 180 valence electrons. The van der Waals surface area contributed by atoms with Crippen molar-refractivity contribution in [2.24, 2.45) is 0 Å². The minimum absolute atomic E-state index is 0.0527. The van der Waals surface area contributed by atoms with Gasteiger partial charge < -0.3 is 14.6 Å². The molecule has 0 bridgehead atoms. The summed E-state index contributed by atoms with van der Waals surface area (Å²) in [5.74, 6) is -3.09. The molecule has 35 heavy (non-hydrogen) atoms. The highest BCUT2D eigenvalue weighted by Gasteiger charge is 2.38. The maximum atomic E-state index is 13.5. The fourth-order valence-electron chi connectivity index (χ4n) is 3.73. The average molecular weight is 516 g/mol. The van der Waals surface area contributed by atoms with Gasteiger partial charge in [0.2, 0.25) is 0 Å². The summed E-state index contributed by atoms with van der Waals surface area (Å²) in [6.07, 6.45) is 0. The number of fused-ring (bicyclic) bond motifs is 2. The fraction of sp³-hybridized carbons (Fsp3) is 0.125. The van der Waals surface area contributed by atoms with E-state index in [0.29, 0.717) is 5.02 Å². The van der Waals surface area contributed by atoms with Gasteiger partial charge in [0.1, 0.15) is 0 Å². The highest BCUT2D eigenvalue weighted by molar-refractivity contribution is 7.81. The Bertz CT molecular complexity index is 1370. The Morgan fingerprint density at radius 2 is 1.63 bits per heavy atom. The molecule has 0 radical (unpaired) electrons. The Labute approximate surface area is 207 Å². The number of carbonyl (C=O) groups excluding carboxylic acids is 3. The van der Waals surface area contributed by atoms with E-state index in [-0.39, 0.29) is 40.4 Å². The number of phenols is 1. The monoisotopic (exact) mass is 515 g/mol. The Morgan fingerprint density at radius 3 is 2.20 bits per heavy atom. The summed E-state index contributed by atoms with van der Waals surface area (Å²) in [5.41, 5.74) is -0.588. The molecule has 3 aromatic rings. The Morgan fingerprint density at radius 1 is 1.03 bits per heavy atom. The van der Waals surface area contributed by atoms with Crippen LogP contribution in [0.5, 0.6) is 11.5 Å². The number of hydrogen-bond acceptors (Lipinski definition) is 7. The lowest BCUT2D eigenvalue weighted by Gasteiger charge is -2.28. The summed E-state index contributed by atoms with van der Waals surface area (Å²) >= 11 is 3.22. The summed E-state index contributed by atoms with van der Waals surface area (Å²) in [4.78, 5) is 38.7. The first kappa shape index (κ1) is 24.4. The van der Waals surface area contributed by atoms with Crippen molar-refractivity contribution >= 4 is 51.8 Å². The molecule has 1 aliphatic rings. The number of halogens is 1. The molecular formula is C24H18ClNO8S. The van der Waals surface area contributed by atoms with Gasteiger partial charge in [0.05, 0.1) is 29.1 Å². The summed E-state index contributed by atoms with van der Waals surface area (Å²) < 4.78 is 33.8. The summed E-state index contributed by atoms with van der Waals surface area (Å²) in [6, 6.07) is 13.0. The van der Waals surface area contributed by atoms with E-state index >= 15 is 0 Å². The van der Waals surface area contributed by atoms with E-state index in [4.69, 9.17) is 21.1 Å². The van der Waals surface area contributed by atoms with Gasteiger partial charge in [-0.2, -0.15) is 0 Å². The van der Waals surface area contributed by atoms with Crippen LogP contribution >= 0.6 is 11.6 Å². The molecule has 0 aromatic heterocycles. The van der Waals surface area contributed by atoms with E-state index < -0.39 is 46.7 Å². The molecule has 0 aliphatic heterocycles. The minimum Gasteiger partial charge on any atom is -0.504 e. The first-order valence-corrected chi connectivity index (χ1v) is 11.7. The Kier molecular flexibility index (Phi) is 6.88. The van der Waals surface area contributed by atoms with Gasteiger partial charge in [-0.15, -0.1) is 0 Å². The average Bonchev–Trinajstić information content (AvgIpc) is 2.83. The topological polar surface area (TPSA) is 130 Å². The number of ketones is 2. The predicted octanol–water partition coefficient (Wildman–Crippen LogP) is 4.04. The largest absolute Gasteiger partial charge is 0.504 e. The number of aromatic hydroxyl groups is 1. The van der Waals surface area contributed by atoms with Crippen LogP contribution in [0.3, 0.4) is 0 Å². The molecule has 4 rings (SSSR count). The van der Waals surface area contributed by atoms with Crippen LogP contribution < -0.4 is 9.04 Å². The van der Waals surface area contributed by atoms with Gasteiger partial charge in [0, 0.05) is 22.2 Å². The third kappa shape index (κ3) is 4.51. The number of hydrogen-bond donors (Lipinski definition) is 2. The standard InChI is InChI=1S/C24H18ClNO8S/c1-2-33-19(27)12-34-18-11-17(26(35(31)32)14-9-7-13(25)8-10-14)20-21(24(18)30)23(29)16-6-4-3-5-15(16)22(20)28/h3-11,30H,2,12H2,1H3,(H,31,32).